The average molecular weight is 306 g/mol. The minimum absolute atomic E-state index is 0.566. The smallest absolute Gasteiger partial charge is 0.140 e. The van der Waals surface area contributed by atoms with Gasteiger partial charge in [0.1, 0.15) is 12.1 Å². The summed E-state index contributed by atoms with van der Waals surface area (Å²) in [4.78, 5) is 11.3. The highest BCUT2D eigenvalue weighted by atomic mass is 79.9. The Bertz CT molecular complexity index is 570. The minimum Gasteiger partial charge on any atom is -0.353 e. The summed E-state index contributed by atoms with van der Waals surface area (Å²) >= 11 is 3.56. The van der Waals surface area contributed by atoms with Gasteiger partial charge in [-0.05, 0) is 54.2 Å². The maximum atomic E-state index is 4.52. The second-order valence-electron chi connectivity index (χ2n) is 4.87. The molecule has 1 aliphatic heterocycles. The molecule has 0 bridgehead atoms. The van der Waals surface area contributed by atoms with Crippen molar-refractivity contribution >= 4 is 32.7 Å². The highest BCUT2D eigenvalue weighted by Gasteiger charge is 2.21. The van der Waals surface area contributed by atoms with Gasteiger partial charge < -0.3 is 4.90 Å². The van der Waals surface area contributed by atoms with Crippen LogP contribution in [0.5, 0.6) is 0 Å². The van der Waals surface area contributed by atoms with Crippen LogP contribution in [0.1, 0.15) is 26.2 Å². The van der Waals surface area contributed by atoms with Crippen LogP contribution in [0.2, 0.25) is 0 Å². The fourth-order valence-electron chi connectivity index (χ4n) is 2.68. The highest BCUT2D eigenvalue weighted by Crippen LogP contribution is 2.31. The van der Waals surface area contributed by atoms with Gasteiger partial charge in [0.05, 0.1) is 5.52 Å². The topological polar surface area (TPSA) is 29.0 Å². The number of benzene rings is 1. The molecule has 18 heavy (non-hydrogen) atoms. The van der Waals surface area contributed by atoms with Crippen molar-refractivity contribution in [1.29, 1.82) is 0 Å². The second kappa shape index (κ2) is 4.84. The van der Waals surface area contributed by atoms with E-state index in [0.29, 0.717) is 6.04 Å². The molecule has 2 heterocycles. The van der Waals surface area contributed by atoms with Gasteiger partial charge in [0.25, 0.3) is 0 Å². The van der Waals surface area contributed by atoms with Gasteiger partial charge in [-0.1, -0.05) is 6.07 Å². The van der Waals surface area contributed by atoms with Gasteiger partial charge >= 0.3 is 0 Å². The number of halogens is 1. The van der Waals surface area contributed by atoms with Crippen molar-refractivity contribution in [2.45, 2.75) is 32.2 Å². The SMILES string of the molecule is CC1CCCCN1c1ncnc2c(Br)cccc12. The lowest BCUT2D eigenvalue weighted by Crippen LogP contribution is -2.38. The third-order valence-corrected chi connectivity index (χ3v) is 4.31. The normalized spacial score (nSPS) is 20.3. The maximum absolute atomic E-state index is 4.52. The summed E-state index contributed by atoms with van der Waals surface area (Å²) in [7, 11) is 0. The minimum atomic E-state index is 0.566. The monoisotopic (exact) mass is 305 g/mol. The molecule has 0 N–H and O–H groups in total. The number of piperidine rings is 1. The molecule has 1 aliphatic rings. The molecule has 1 aromatic carbocycles. The molecule has 0 radical (unpaired) electrons. The number of nitrogens with zero attached hydrogens (tertiary/aromatic N) is 3. The summed E-state index contributed by atoms with van der Waals surface area (Å²) in [5.74, 6) is 1.08. The summed E-state index contributed by atoms with van der Waals surface area (Å²) in [5, 5.41) is 1.14. The Morgan fingerprint density at radius 3 is 3.00 bits per heavy atom. The first-order valence-electron chi connectivity index (χ1n) is 6.43. The van der Waals surface area contributed by atoms with E-state index in [9.17, 15) is 0 Å². The van der Waals surface area contributed by atoms with Crippen molar-refractivity contribution in [2.75, 3.05) is 11.4 Å². The first kappa shape index (κ1) is 11.9. The number of hydrogen-bond donors (Lipinski definition) is 0. The quantitative estimate of drug-likeness (QED) is 0.803. The number of hydrogen-bond acceptors (Lipinski definition) is 3. The van der Waals surface area contributed by atoms with Crippen LogP contribution in [0.15, 0.2) is 29.0 Å². The number of anilines is 1. The summed E-state index contributed by atoms with van der Waals surface area (Å²) in [6, 6.07) is 6.75. The van der Waals surface area contributed by atoms with Gasteiger partial charge in [-0.3, -0.25) is 0 Å². The Kier molecular flexibility index (Phi) is 3.20. The molecule has 4 heteroatoms. The van der Waals surface area contributed by atoms with Crippen molar-refractivity contribution < 1.29 is 0 Å². The van der Waals surface area contributed by atoms with E-state index in [1.165, 1.54) is 19.3 Å². The Balaban J connectivity index is 2.14. The van der Waals surface area contributed by atoms with Crippen LogP contribution in [0.25, 0.3) is 10.9 Å². The van der Waals surface area contributed by atoms with Crippen molar-refractivity contribution in [3.63, 3.8) is 0 Å². The Labute approximate surface area is 115 Å². The lowest BCUT2D eigenvalue weighted by molar-refractivity contribution is 0.482. The van der Waals surface area contributed by atoms with Crippen LogP contribution in [0.4, 0.5) is 5.82 Å². The Morgan fingerprint density at radius 2 is 2.17 bits per heavy atom. The van der Waals surface area contributed by atoms with Crippen molar-refractivity contribution in [2.24, 2.45) is 0 Å². The molecule has 0 spiro atoms. The predicted molar refractivity (Wildman–Crippen MR) is 77.9 cm³/mol. The number of fused-ring (bicyclic) bond motifs is 1. The van der Waals surface area contributed by atoms with Crippen LogP contribution >= 0.6 is 15.9 Å². The summed E-state index contributed by atoms with van der Waals surface area (Å²) < 4.78 is 1.04. The van der Waals surface area contributed by atoms with E-state index in [4.69, 9.17) is 0 Å². The number of rotatable bonds is 1. The van der Waals surface area contributed by atoms with E-state index in [0.717, 1.165) is 27.7 Å². The van der Waals surface area contributed by atoms with Gasteiger partial charge in [0.2, 0.25) is 0 Å². The van der Waals surface area contributed by atoms with Gasteiger partial charge in [-0.2, -0.15) is 0 Å². The zero-order chi connectivity index (χ0) is 12.5. The summed E-state index contributed by atoms with van der Waals surface area (Å²) in [5.41, 5.74) is 1.00. The standard InChI is InChI=1S/C14H16BrN3/c1-10-5-2-3-8-18(10)14-11-6-4-7-12(15)13(11)16-9-17-14/h4,6-7,9-10H,2-3,5,8H2,1H3. The molecule has 94 valence electrons. The van der Waals surface area contributed by atoms with Gasteiger partial charge in [0.15, 0.2) is 0 Å². The molecule has 2 aromatic rings. The van der Waals surface area contributed by atoms with Crippen LogP contribution in [0.3, 0.4) is 0 Å². The lowest BCUT2D eigenvalue weighted by Gasteiger charge is -2.34. The molecular weight excluding hydrogens is 290 g/mol. The molecule has 1 unspecified atom stereocenters. The van der Waals surface area contributed by atoms with E-state index in [1.54, 1.807) is 6.33 Å². The van der Waals surface area contributed by atoms with Crippen molar-refractivity contribution in [3.8, 4) is 0 Å². The molecule has 3 nitrogen and oxygen atoms in total. The van der Waals surface area contributed by atoms with E-state index in [2.05, 4.69) is 43.8 Å². The fraction of sp³-hybridized carbons (Fsp3) is 0.429. The van der Waals surface area contributed by atoms with Crippen LogP contribution in [-0.2, 0) is 0 Å². The van der Waals surface area contributed by atoms with E-state index in [1.807, 2.05) is 12.1 Å². The molecule has 1 saturated heterocycles. The number of aromatic nitrogens is 2. The zero-order valence-electron chi connectivity index (χ0n) is 10.4. The zero-order valence-corrected chi connectivity index (χ0v) is 12.0. The predicted octanol–water partition coefficient (Wildman–Crippen LogP) is 3.77. The molecule has 1 fully saturated rings. The fourth-order valence-corrected chi connectivity index (χ4v) is 3.15. The van der Waals surface area contributed by atoms with Crippen molar-refractivity contribution in [1.82, 2.24) is 9.97 Å². The first-order valence-corrected chi connectivity index (χ1v) is 7.22. The molecule has 0 amide bonds. The third kappa shape index (κ3) is 1.99. The van der Waals surface area contributed by atoms with E-state index < -0.39 is 0 Å². The summed E-state index contributed by atoms with van der Waals surface area (Å²) in [6.45, 7) is 3.38. The van der Waals surface area contributed by atoms with Crippen molar-refractivity contribution in [3.05, 3.63) is 29.0 Å². The van der Waals surface area contributed by atoms with Crippen LogP contribution in [-0.4, -0.2) is 22.6 Å². The van der Waals surface area contributed by atoms with Gasteiger partial charge in [0, 0.05) is 22.4 Å². The van der Waals surface area contributed by atoms with Gasteiger partial charge in [-0.25, -0.2) is 9.97 Å². The molecule has 1 atom stereocenters. The molecule has 0 saturated carbocycles. The Hall–Kier alpha value is -1.16. The summed E-state index contributed by atoms with van der Waals surface area (Å²) in [6.07, 6.45) is 5.50. The van der Waals surface area contributed by atoms with Crippen LogP contribution in [0, 0.1) is 0 Å². The maximum Gasteiger partial charge on any atom is 0.140 e. The molecule has 1 aromatic heterocycles. The first-order chi connectivity index (χ1) is 8.77. The van der Waals surface area contributed by atoms with Gasteiger partial charge in [-0.15, -0.1) is 0 Å². The average Bonchev–Trinajstić information content (AvgIpc) is 2.40. The molecular formula is C14H16BrN3. The second-order valence-corrected chi connectivity index (χ2v) is 5.73. The van der Waals surface area contributed by atoms with Crippen LogP contribution < -0.4 is 4.90 Å². The Morgan fingerprint density at radius 1 is 1.28 bits per heavy atom. The van der Waals surface area contributed by atoms with E-state index >= 15 is 0 Å². The van der Waals surface area contributed by atoms with E-state index in [-0.39, 0.29) is 0 Å². The largest absolute Gasteiger partial charge is 0.353 e. The highest BCUT2D eigenvalue weighted by molar-refractivity contribution is 9.10. The number of para-hydroxylation sites is 1. The molecule has 0 aliphatic carbocycles. The third-order valence-electron chi connectivity index (χ3n) is 3.67. The molecule has 3 rings (SSSR count). The lowest BCUT2D eigenvalue weighted by atomic mass is 10.0.